The number of nitrogens with zero attached hydrogens (tertiary/aromatic N) is 2. The van der Waals surface area contributed by atoms with Crippen molar-refractivity contribution >= 4 is 16.6 Å². The number of aryl methyl sites for hydroxylation is 2. The van der Waals surface area contributed by atoms with Gasteiger partial charge in [0.05, 0.1) is 10.9 Å². The molecule has 0 aliphatic rings. The summed E-state index contributed by atoms with van der Waals surface area (Å²) in [5.74, 6) is 0. The number of rotatable bonds is 0. The van der Waals surface area contributed by atoms with Crippen LogP contribution in [-0.4, -0.2) is 14.6 Å². The van der Waals surface area contributed by atoms with Gasteiger partial charge in [0.2, 0.25) is 0 Å². The van der Waals surface area contributed by atoms with Gasteiger partial charge < -0.3 is 0 Å². The Kier molecular flexibility index (Phi) is 1.68. The predicted molar refractivity (Wildman–Crippen MR) is 62.8 cm³/mol. The van der Waals surface area contributed by atoms with E-state index >= 15 is 0 Å². The summed E-state index contributed by atoms with van der Waals surface area (Å²) in [6.07, 6.45) is 0. The Morgan fingerprint density at radius 1 is 1.25 bits per heavy atom. The zero-order chi connectivity index (χ0) is 11.3. The average molecular weight is 213 g/mol. The van der Waals surface area contributed by atoms with E-state index < -0.39 is 0 Å². The number of hydrogen-bond donors (Lipinski definition) is 1. The average Bonchev–Trinajstić information content (AvgIpc) is 2.58. The summed E-state index contributed by atoms with van der Waals surface area (Å²) in [5, 5.41) is 3.67. The summed E-state index contributed by atoms with van der Waals surface area (Å²) < 4.78 is 1.51. The zero-order valence-corrected chi connectivity index (χ0v) is 9.11. The lowest BCUT2D eigenvalue weighted by Gasteiger charge is -1.98. The second-order valence-corrected chi connectivity index (χ2v) is 3.95. The molecule has 1 N–H and O–H groups in total. The van der Waals surface area contributed by atoms with Crippen LogP contribution in [0.4, 0.5) is 0 Å². The first kappa shape index (κ1) is 9.15. The molecule has 0 aliphatic carbocycles. The van der Waals surface area contributed by atoms with Crippen molar-refractivity contribution in [1.29, 1.82) is 0 Å². The van der Waals surface area contributed by atoms with E-state index in [1.807, 2.05) is 32.0 Å². The molecular formula is C12H11N3O. The van der Waals surface area contributed by atoms with E-state index in [4.69, 9.17) is 0 Å². The number of benzene rings is 1. The van der Waals surface area contributed by atoms with Crippen LogP contribution in [0.1, 0.15) is 11.3 Å². The fourth-order valence-corrected chi connectivity index (χ4v) is 1.91. The molecule has 2 heterocycles. The number of fused-ring (bicyclic) bond motifs is 2. The van der Waals surface area contributed by atoms with Gasteiger partial charge in [-0.3, -0.25) is 9.89 Å². The molecule has 16 heavy (non-hydrogen) atoms. The lowest BCUT2D eigenvalue weighted by atomic mass is 10.2. The molecule has 0 saturated heterocycles. The van der Waals surface area contributed by atoms with E-state index in [1.54, 1.807) is 6.07 Å². The van der Waals surface area contributed by atoms with Gasteiger partial charge in [0.15, 0.2) is 5.65 Å². The fraction of sp³-hybridized carbons (Fsp3) is 0.167. The highest BCUT2D eigenvalue weighted by Gasteiger charge is 2.09. The molecule has 0 spiro atoms. The minimum atomic E-state index is -0.0446. The topological polar surface area (TPSA) is 50.2 Å². The third-order valence-corrected chi connectivity index (χ3v) is 2.95. The SMILES string of the molecule is Cc1[nH]n2c(=O)c3ccccc3nc2c1C. The Labute approximate surface area is 91.5 Å². The molecule has 0 fully saturated rings. The van der Waals surface area contributed by atoms with E-state index in [2.05, 4.69) is 10.1 Å². The van der Waals surface area contributed by atoms with Crippen LogP contribution in [0.25, 0.3) is 16.6 Å². The second-order valence-electron chi connectivity index (χ2n) is 3.95. The van der Waals surface area contributed by atoms with Crippen molar-refractivity contribution < 1.29 is 0 Å². The van der Waals surface area contributed by atoms with E-state index in [0.717, 1.165) is 16.8 Å². The van der Waals surface area contributed by atoms with Crippen LogP contribution in [0.15, 0.2) is 29.1 Å². The molecule has 3 rings (SSSR count). The highest BCUT2D eigenvalue weighted by Crippen LogP contribution is 2.13. The fourth-order valence-electron chi connectivity index (χ4n) is 1.91. The number of para-hydroxylation sites is 1. The smallest absolute Gasteiger partial charge is 0.280 e. The minimum Gasteiger partial charge on any atom is -0.294 e. The molecule has 0 aliphatic heterocycles. The van der Waals surface area contributed by atoms with E-state index in [9.17, 15) is 4.79 Å². The van der Waals surface area contributed by atoms with Crippen molar-refractivity contribution in [2.24, 2.45) is 0 Å². The van der Waals surface area contributed by atoms with Crippen LogP contribution in [0.3, 0.4) is 0 Å². The maximum Gasteiger partial charge on any atom is 0.280 e. The zero-order valence-electron chi connectivity index (χ0n) is 9.11. The molecule has 4 heteroatoms. The summed E-state index contributed by atoms with van der Waals surface area (Å²) in [5.41, 5.74) is 3.40. The quantitative estimate of drug-likeness (QED) is 0.619. The summed E-state index contributed by atoms with van der Waals surface area (Å²) in [6.45, 7) is 3.90. The van der Waals surface area contributed by atoms with E-state index in [1.165, 1.54) is 4.52 Å². The first-order valence-electron chi connectivity index (χ1n) is 5.15. The first-order chi connectivity index (χ1) is 7.68. The van der Waals surface area contributed by atoms with Gasteiger partial charge in [0.25, 0.3) is 5.56 Å². The molecule has 80 valence electrons. The van der Waals surface area contributed by atoms with Crippen LogP contribution in [0, 0.1) is 13.8 Å². The van der Waals surface area contributed by atoms with Crippen LogP contribution >= 0.6 is 0 Å². The third kappa shape index (κ3) is 1.04. The van der Waals surface area contributed by atoms with E-state index in [-0.39, 0.29) is 5.56 Å². The molecule has 0 amide bonds. The largest absolute Gasteiger partial charge is 0.294 e. The van der Waals surface area contributed by atoms with Crippen molar-refractivity contribution in [3.05, 3.63) is 45.9 Å². The van der Waals surface area contributed by atoms with Crippen molar-refractivity contribution in [1.82, 2.24) is 14.6 Å². The molecule has 0 radical (unpaired) electrons. The normalized spacial score (nSPS) is 11.4. The molecule has 4 nitrogen and oxygen atoms in total. The van der Waals surface area contributed by atoms with Crippen LogP contribution in [0.5, 0.6) is 0 Å². The number of aromatic nitrogens is 3. The van der Waals surface area contributed by atoms with Gasteiger partial charge in [-0.2, -0.15) is 0 Å². The number of H-pyrrole nitrogens is 1. The molecule has 0 atom stereocenters. The monoisotopic (exact) mass is 213 g/mol. The van der Waals surface area contributed by atoms with Crippen molar-refractivity contribution in [2.45, 2.75) is 13.8 Å². The lowest BCUT2D eigenvalue weighted by Crippen LogP contribution is -2.15. The molecule has 0 bridgehead atoms. The molecular weight excluding hydrogens is 202 g/mol. The standard InChI is InChI=1S/C12H11N3O/c1-7-8(2)14-15-11(7)13-10-6-4-3-5-9(10)12(15)16/h3-6,14H,1-2H3. The van der Waals surface area contributed by atoms with Gasteiger partial charge in [-0.25, -0.2) is 9.50 Å². The van der Waals surface area contributed by atoms with Gasteiger partial charge in [0.1, 0.15) is 0 Å². The van der Waals surface area contributed by atoms with Crippen LogP contribution in [0.2, 0.25) is 0 Å². The highest BCUT2D eigenvalue weighted by molar-refractivity contribution is 5.79. The summed E-state index contributed by atoms with van der Waals surface area (Å²) >= 11 is 0. The second kappa shape index (κ2) is 2.95. The Morgan fingerprint density at radius 3 is 2.81 bits per heavy atom. The molecule has 0 saturated carbocycles. The predicted octanol–water partition coefficient (Wildman–Crippen LogP) is 1.79. The van der Waals surface area contributed by atoms with Crippen LogP contribution < -0.4 is 5.56 Å². The van der Waals surface area contributed by atoms with Gasteiger partial charge in [-0.05, 0) is 26.0 Å². The van der Waals surface area contributed by atoms with Gasteiger partial charge in [-0.15, -0.1) is 0 Å². The summed E-state index contributed by atoms with van der Waals surface area (Å²) in [6, 6.07) is 7.39. The third-order valence-electron chi connectivity index (χ3n) is 2.95. The summed E-state index contributed by atoms with van der Waals surface area (Å²) in [4.78, 5) is 16.6. The molecule has 0 unspecified atom stereocenters. The maximum absolute atomic E-state index is 12.1. The van der Waals surface area contributed by atoms with Crippen LogP contribution in [-0.2, 0) is 0 Å². The number of nitrogens with one attached hydrogen (secondary N) is 1. The van der Waals surface area contributed by atoms with Crippen molar-refractivity contribution in [2.75, 3.05) is 0 Å². The maximum atomic E-state index is 12.1. The Morgan fingerprint density at radius 2 is 2.00 bits per heavy atom. The molecule has 2 aromatic heterocycles. The van der Waals surface area contributed by atoms with Crippen molar-refractivity contribution in [3.8, 4) is 0 Å². The highest BCUT2D eigenvalue weighted by atomic mass is 16.1. The Balaban J connectivity index is 2.66. The number of hydrogen-bond acceptors (Lipinski definition) is 2. The Bertz CT molecular complexity index is 752. The van der Waals surface area contributed by atoms with Gasteiger partial charge in [-0.1, -0.05) is 12.1 Å². The Hall–Kier alpha value is -2.10. The first-order valence-corrected chi connectivity index (χ1v) is 5.15. The van der Waals surface area contributed by atoms with Crippen molar-refractivity contribution in [3.63, 3.8) is 0 Å². The molecule has 3 aromatic rings. The van der Waals surface area contributed by atoms with E-state index in [0.29, 0.717) is 11.0 Å². The summed E-state index contributed by atoms with van der Waals surface area (Å²) in [7, 11) is 0. The number of aromatic amines is 1. The minimum absolute atomic E-state index is 0.0446. The molecule has 1 aromatic carbocycles. The van der Waals surface area contributed by atoms with Gasteiger partial charge in [0, 0.05) is 11.3 Å². The lowest BCUT2D eigenvalue weighted by molar-refractivity contribution is 0.895. The van der Waals surface area contributed by atoms with Gasteiger partial charge >= 0.3 is 0 Å².